The lowest BCUT2D eigenvalue weighted by molar-refractivity contribution is -0.118. The second kappa shape index (κ2) is 11.1. The molecule has 2 aromatic carbocycles. The Morgan fingerprint density at radius 1 is 1.00 bits per heavy atom. The van der Waals surface area contributed by atoms with Gasteiger partial charge in [-0.15, -0.1) is 0 Å². The molecule has 1 aliphatic rings. The molecule has 2 aromatic heterocycles. The van der Waals surface area contributed by atoms with Gasteiger partial charge in [0, 0.05) is 23.3 Å². The third kappa shape index (κ3) is 5.21. The first-order valence-corrected chi connectivity index (χ1v) is 11.7. The van der Waals surface area contributed by atoms with E-state index in [1.165, 1.54) is 11.6 Å². The zero-order chi connectivity index (χ0) is 25.8. The van der Waals surface area contributed by atoms with Gasteiger partial charge >= 0.3 is 5.69 Å². The molecule has 0 radical (unpaired) electrons. The summed E-state index contributed by atoms with van der Waals surface area (Å²) in [5, 5.41) is 0.937. The van der Waals surface area contributed by atoms with Crippen molar-refractivity contribution in [2.45, 2.75) is 6.54 Å². The third-order valence-electron chi connectivity index (χ3n) is 5.40. The Hall–Kier alpha value is -3.44. The van der Waals surface area contributed by atoms with Gasteiger partial charge in [0.15, 0.2) is 11.2 Å². The molecule has 12 heteroatoms. The molecular formula is C24H23Cl2N5O5. The third-order valence-corrected chi connectivity index (χ3v) is 5.98. The van der Waals surface area contributed by atoms with Crippen LogP contribution in [-0.2, 0) is 27.9 Å². The van der Waals surface area contributed by atoms with Crippen molar-refractivity contribution in [1.82, 2.24) is 18.7 Å². The van der Waals surface area contributed by atoms with Crippen molar-refractivity contribution in [3.63, 3.8) is 0 Å². The van der Waals surface area contributed by atoms with E-state index in [1.54, 1.807) is 53.1 Å². The van der Waals surface area contributed by atoms with E-state index in [0.717, 1.165) is 31.0 Å². The number of rotatable bonds is 4. The standard InChI is InChI=1S/C20H15Cl2N5O3.C4H8O2/c1-25-18-16(19(29)26(20(25)30)10-15(23)28)27(12-8-6-11(21)7-9-12)17(24-18)13-4-2-3-5-14(13)22;1-2-6-4-3-5-1/h2-9H,10H2,1H3,(H2,23,28);1-4H2. The highest BCUT2D eigenvalue weighted by Crippen LogP contribution is 2.31. The topological polar surface area (TPSA) is 123 Å². The van der Waals surface area contributed by atoms with Crippen LogP contribution in [0.5, 0.6) is 0 Å². The SMILES string of the molecule is C1COCCO1.Cn1c(=O)n(CC(N)=O)c(=O)c2c1nc(-c1ccccc1Cl)n2-c1ccc(Cl)cc1. The van der Waals surface area contributed by atoms with Gasteiger partial charge in [-0.05, 0) is 36.4 Å². The van der Waals surface area contributed by atoms with E-state index in [1.807, 2.05) is 0 Å². The molecule has 0 saturated carbocycles. The number of hydrogen-bond acceptors (Lipinski definition) is 6. The minimum Gasteiger partial charge on any atom is -0.377 e. The molecule has 5 rings (SSSR count). The molecule has 4 aromatic rings. The summed E-state index contributed by atoms with van der Waals surface area (Å²) in [5.41, 5.74) is 5.26. The molecule has 0 spiro atoms. The highest BCUT2D eigenvalue weighted by atomic mass is 35.5. The number of aromatic nitrogens is 4. The predicted octanol–water partition coefficient (Wildman–Crippen LogP) is 2.38. The number of amides is 1. The zero-order valence-corrected chi connectivity index (χ0v) is 20.8. The molecular weight excluding hydrogens is 509 g/mol. The van der Waals surface area contributed by atoms with Crippen LogP contribution in [0.2, 0.25) is 10.0 Å². The number of ether oxygens (including phenoxy) is 2. The Bertz CT molecular complexity index is 1510. The first-order chi connectivity index (χ1) is 17.3. The van der Waals surface area contributed by atoms with Crippen molar-refractivity contribution in [3.05, 3.63) is 79.4 Å². The molecule has 1 fully saturated rings. The van der Waals surface area contributed by atoms with Gasteiger partial charge in [-0.1, -0.05) is 35.3 Å². The van der Waals surface area contributed by atoms with Gasteiger partial charge < -0.3 is 15.2 Å². The van der Waals surface area contributed by atoms with Crippen LogP contribution in [0, 0.1) is 0 Å². The van der Waals surface area contributed by atoms with Crippen molar-refractivity contribution in [3.8, 4) is 17.1 Å². The predicted molar refractivity (Wildman–Crippen MR) is 137 cm³/mol. The number of nitrogens with two attached hydrogens (primary N) is 1. The van der Waals surface area contributed by atoms with E-state index in [0.29, 0.717) is 27.1 Å². The Labute approximate surface area is 215 Å². The van der Waals surface area contributed by atoms with Gasteiger partial charge in [0.05, 0.1) is 31.5 Å². The fourth-order valence-electron chi connectivity index (χ4n) is 3.72. The lowest BCUT2D eigenvalue weighted by Gasteiger charge is -2.11. The van der Waals surface area contributed by atoms with Gasteiger partial charge in [-0.25, -0.2) is 14.3 Å². The van der Waals surface area contributed by atoms with Crippen LogP contribution in [0.4, 0.5) is 0 Å². The molecule has 0 atom stereocenters. The number of hydrogen-bond donors (Lipinski definition) is 1. The summed E-state index contributed by atoms with van der Waals surface area (Å²) in [5.74, 6) is -0.445. The molecule has 0 bridgehead atoms. The summed E-state index contributed by atoms with van der Waals surface area (Å²) in [7, 11) is 1.47. The van der Waals surface area contributed by atoms with Crippen LogP contribution in [0.25, 0.3) is 28.2 Å². The number of primary amides is 1. The maximum Gasteiger partial charge on any atom is 0.332 e. The van der Waals surface area contributed by atoms with Crippen LogP contribution in [0.1, 0.15) is 0 Å². The number of halogens is 2. The minimum atomic E-state index is -0.808. The average Bonchev–Trinajstić information content (AvgIpc) is 3.28. The van der Waals surface area contributed by atoms with E-state index < -0.39 is 23.7 Å². The van der Waals surface area contributed by atoms with Crippen molar-refractivity contribution in [2.24, 2.45) is 12.8 Å². The number of imidazole rings is 1. The highest BCUT2D eigenvalue weighted by molar-refractivity contribution is 6.33. The molecule has 10 nitrogen and oxygen atoms in total. The summed E-state index contributed by atoms with van der Waals surface area (Å²) < 4.78 is 13.5. The fraction of sp³-hybridized carbons (Fsp3) is 0.250. The Kier molecular flexibility index (Phi) is 7.90. The monoisotopic (exact) mass is 531 g/mol. The molecule has 36 heavy (non-hydrogen) atoms. The van der Waals surface area contributed by atoms with Crippen molar-refractivity contribution < 1.29 is 14.3 Å². The number of benzene rings is 2. The van der Waals surface area contributed by atoms with E-state index in [4.69, 9.17) is 38.4 Å². The molecule has 0 aliphatic carbocycles. The molecule has 3 heterocycles. The van der Waals surface area contributed by atoms with Crippen LogP contribution < -0.4 is 17.0 Å². The number of fused-ring (bicyclic) bond motifs is 1. The molecule has 188 valence electrons. The van der Waals surface area contributed by atoms with Crippen molar-refractivity contribution in [1.29, 1.82) is 0 Å². The van der Waals surface area contributed by atoms with E-state index in [2.05, 4.69) is 4.98 Å². The van der Waals surface area contributed by atoms with Crippen molar-refractivity contribution in [2.75, 3.05) is 26.4 Å². The van der Waals surface area contributed by atoms with Crippen molar-refractivity contribution >= 4 is 40.3 Å². The number of carbonyl (C=O) groups is 1. The summed E-state index contributed by atoms with van der Waals surface area (Å²) in [6.45, 7) is 2.56. The van der Waals surface area contributed by atoms with Crippen LogP contribution >= 0.6 is 23.2 Å². The first-order valence-electron chi connectivity index (χ1n) is 11.0. The Balaban J connectivity index is 0.000000445. The Morgan fingerprint density at radius 3 is 2.17 bits per heavy atom. The summed E-state index contributed by atoms with van der Waals surface area (Å²) in [6, 6.07) is 13.8. The molecule has 1 aliphatic heterocycles. The number of carbonyl (C=O) groups excluding carboxylic acids is 1. The normalized spacial score (nSPS) is 13.3. The maximum atomic E-state index is 13.2. The molecule has 2 N–H and O–H groups in total. The van der Waals surface area contributed by atoms with Gasteiger partial charge in [-0.2, -0.15) is 0 Å². The summed E-state index contributed by atoms with van der Waals surface area (Å²) in [6.07, 6.45) is 0. The van der Waals surface area contributed by atoms with Gasteiger partial charge in [0.1, 0.15) is 12.4 Å². The smallest absolute Gasteiger partial charge is 0.332 e. The summed E-state index contributed by atoms with van der Waals surface area (Å²) in [4.78, 5) is 41.9. The second-order valence-electron chi connectivity index (χ2n) is 7.82. The second-order valence-corrected chi connectivity index (χ2v) is 8.67. The van der Waals surface area contributed by atoms with E-state index in [9.17, 15) is 14.4 Å². The lowest BCUT2D eigenvalue weighted by Crippen LogP contribution is -2.42. The lowest BCUT2D eigenvalue weighted by atomic mass is 10.2. The van der Waals surface area contributed by atoms with Gasteiger partial charge in [-0.3, -0.25) is 18.7 Å². The first kappa shape index (κ1) is 25.6. The van der Waals surface area contributed by atoms with Gasteiger partial charge in [0.25, 0.3) is 5.56 Å². The van der Waals surface area contributed by atoms with Crippen LogP contribution in [0.15, 0.2) is 58.1 Å². The van der Waals surface area contributed by atoms with E-state index in [-0.39, 0.29) is 11.2 Å². The zero-order valence-electron chi connectivity index (χ0n) is 19.3. The van der Waals surface area contributed by atoms with E-state index >= 15 is 0 Å². The molecule has 0 unspecified atom stereocenters. The number of nitrogens with zero attached hydrogens (tertiary/aromatic N) is 4. The molecule has 1 amide bonds. The average molecular weight is 532 g/mol. The molecule has 1 saturated heterocycles. The largest absolute Gasteiger partial charge is 0.377 e. The number of aryl methyl sites for hydroxylation is 1. The Morgan fingerprint density at radius 2 is 1.61 bits per heavy atom. The minimum absolute atomic E-state index is 0.107. The fourth-order valence-corrected chi connectivity index (χ4v) is 4.07. The van der Waals surface area contributed by atoms with Gasteiger partial charge in [0.2, 0.25) is 5.91 Å². The maximum absolute atomic E-state index is 13.2. The van der Waals surface area contributed by atoms with Crippen LogP contribution in [-0.4, -0.2) is 51.0 Å². The van der Waals surface area contributed by atoms with Crippen LogP contribution in [0.3, 0.4) is 0 Å². The summed E-state index contributed by atoms with van der Waals surface area (Å²) >= 11 is 12.4. The quantitative estimate of drug-likeness (QED) is 0.431. The highest BCUT2D eigenvalue weighted by Gasteiger charge is 2.23.